The zero-order chi connectivity index (χ0) is 17.1. The third-order valence-corrected chi connectivity index (χ3v) is 5.56. The van der Waals surface area contributed by atoms with Crippen molar-refractivity contribution in [2.45, 2.75) is 69.5 Å². The van der Waals surface area contributed by atoms with Crippen LogP contribution >= 0.6 is 0 Å². The summed E-state index contributed by atoms with van der Waals surface area (Å²) < 4.78 is 0. The zero-order valence-electron chi connectivity index (χ0n) is 14.4. The SMILES string of the molecule is CNC(=O)C1CCCN1C(=O)NC1CC(=O)N(C2CCCCC2)C1. The molecule has 0 spiro atoms. The number of hydrogen-bond acceptors (Lipinski definition) is 3. The van der Waals surface area contributed by atoms with Crippen molar-refractivity contribution in [3.63, 3.8) is 0 Å². The van der Waals surface area contributed by atoms with Gasteiger partial charge in [0.05, 0.1) is 6.04 Å². The number of nitrogens with one attached hydrogen (secondary N) is 2. The zero-order valence-corrected chi connectivity index (χ0v) is 14.4. The summed E-state index contributed by atoms with van der Waals surface area (Å²) in [4.78, 5) is 40.3. The maximum Gasteiger partial charge on any atom is 0.318 e. The molecule has 2 saturated heterocycles. The second kappa shape index (κ2) is 7.40. The molecular formula is C17H28N4O3. The number of nitrogens with zero attached hydrogens (tertiary/aromatic N) is 2. The lowest BCUT2D eigenvalue weighted by Crippen LogP contribution is -2.51. The number of likely N-dealkylation sites (N-methyl/N-ethyl adjacent to an activating group) is 1. The van der Waals surface area contributed by atoms with Crippen molar-refractivity contribution in [1.82, 2.24) is 20.4 Å². The molecule has 3 fully saturated rings. The quantitative estimate of drug-likeness (QED) is 0.801. The first kappa shape index (κ1) is 17.0. The Morgan fingerprint density at radius 2 is 1.83 bits per heavy atom. The smallest absolute Gasteiger partial charge is 0.318 e. The van der Waals surface area contributed by atoms with Gasteiger partial charge in [0.2, 0.25) is 11.8 Å². The molecule has 24 heavy (non-hydrogen) atoms. The molecule has 2 aliphatic heterocycles. The Hall–Kier alpha value is -1.79. The highest BCUT2D eigenvalue weighted by molar-refractivity contribution is 5.88. The number of hydrogen-bond donors (Lipinski definition) is 2. The minimum absolute atomic E-state index is 0.117. The standard InChI is InChI=1S/C17H28N4O3/c1-18-16(23)14-8-5-9-20(14)17(24)19-12-10-15(22)21(11-12)13-6-3-2-4-7-13/h12-14H,2-11H2,1H3,(H,18,23)(H,19,24). The Morgan fingerprint density at radius 3 is 2.54 bits per heavy atom. The van der Waals surface area contributed by atoms with Crippen molar-refractivity contribution >= 4 is 17.8 Å². The van der Waals surface area contributed by atoms with Gasteiger partial charge in [-0.05, 0) is 25.7 Å². The van der Waals surface area contributed by atoms with Crippen LogP contribution in [-0.2, 0) is 9.59 Å². The maximum absolute atomic E-state index is 12.5. The van der Waals surface area contributed by atoms with E-state index in [0.717, 1.165) is 19.3 Å². The molecule has 3 aliphatic rings. The highest BCUT2D eigenvalue weighted by Crippen LogP contribution is 2.26. The fourth-order valence-electron chi connectivity index (χ4n) is 4.28. The van der Waals surface area contributed by atoms with Gasteiger partial charge in [0.15, 0.2) is 0 Å². The lowest BCUT2D eigenvalue weighted by molar-refractivity contribution is -0.130. The van der Waals surface area contributed by atoms with E-state index in [0.29, 0.717) is 32.0 Å². The van der Waals surface area contributed by atoms with Gasteiger partial charge >= 0.3 is 6.03 Å². The number of carbonyl (C=O) groups excluding carboxylic acids is 3. The van der Waals surface area contributed by atoms with E-state index in [-0.39, 0.29) is 29.9 Å². The molecule has 0 aromatic rings. The molecule has 4 amide bonds. The maximum atomic E-state index is 12.5. The van der Waals surface area contributed by atoms with Crippen molar-refractivity contribution < 1.29 is 14.4 Å². The molecule has 2 atom stereocenters. The molecule has 2 heterocycles. The molecule has 0 aromatic carbocycles. The first-order chi connectivity index (χ1) is 11.6. The van der Waals surface area contributed by atoms with E-state index in [1.54, 1.807) is 11.9 Å². The van der Waals surface area contributed by atoms with Gasteiger partial charge in [0, 0.05) is 32.6 Å². The molecule has 1 saturated carbocycles. The van der Waals surface area contributed by atoms with E-state index in [1.807, 2.05) is 4.90 Å². The van der Waals surface area contributed by atoms with E-state index in [2.05, 4.69) is 10.6 Å². The first-order valence-electron chi connectivity index (χ1n) is 9.18. The minimum Gasteiger partial charge on any atom is -0.357 e. The molecule has 2 unspecified atom stereocenters. The number of urea groups is 1. The minimum atomic E-state index is -0.387. The highest BCUT2D eigenvalue weighted by Gasteiger charge is 2.38. The molecule has 1 aliphatic carbocycles. The summed E-state index contributed by atoms with van der Waals surface area (Å²) in [5.41, 5.74) is 0. The average molecular weight is 336 g/mol. The third kappa shape index (κ3) is 3.49. The Bertz CT molecular complexity index is 504. The van der Waals surface area contributed by atoms with Crippen LogP contribution in [0.1, 0.15) is 51.4 Å². The van der Waals surface area contributed by atoms with Crippen LogP contribution in [0.3, 0.4) is 0 Å². The third-order valence-electron chi connectivity index (χ3n) is 5.56. The summed E-state index contributed by atoms with van der Waals surface area (Å²) in [7, 11) is 1.59. The van der Waals surface area contributed by atoms with Gasteiger partial charge in [-0.2, -0.15) is 0 Å². The molecule has 134 valence electrons. The van der Waals surface area contributed by atoms with Crippen LogP contribution < -0.4 is 10.6 Å². The van der Waals surface area contributed by atoms with Crippen molar-refractivity contribution in [2.24, 2.45) is 0 Å². The van der Waals surface area contributed by atoms with Gasteiger partial charge in [0.25, 0.3) is 0 Å². The molecule has 0 aromatic heterocycles. The highest BCUT2D eigenvalue weighted by atomic mass is 16.2. The van der Waals surface area contributed by atoms with Gasteiger partial charge < -0.3 is 20.4 Å². The van der Waals surface area contributed by atoms with Crippen LogP contribution in [0.5, 0.6) is 0 Å². The van der Waals surface area contributed by atoms with Gasteiger partial charge in [0.1, 0.15) is 6.04 Å². The van der Waals surface area contributed by atoms with Crippen molar-refractivity contribution in [3.8, 4) is 0 Å². The van der Waals surface area contributed by atoms with E-state index in [4.69, 9.17) is 0 Å². The van der Waals surface area contributed by atoms with Crippen molar-refractivity contribution in [2.75, 3.05) is 20.1 Å². The number of amides is 4. The molecule has 7 heteroatoms. The van der Waals surface area contributed by atoms with Crippen LogP contribution in [0.25, 0.3) is 0 Å². The summed E-state index contributed by atoms with van der Waals surface area (Å²) in [5, 5.41) is 5.59. The molecular weight excluding hydrogens is 308 g/mol. The molecule has 2 N–H and O–H groups in total. The van der Waals surface area contributed by atoms with Gasteiger partial charge in [-0.25, -0.2) is 4.79 Å². The van der Waals surface area contributed by atoms with Crippen LogP contribution in [0.4, 0.5) is 4.79 Å². The Morgan fingerprint density at radius 1 is 1.08 bits per heavy atom. The Labute approximate surface area is 143 Å². The van der Waals surface area contributed by atoms with Crippen molar-refractivity contribution in [3.05, 3.63) is 0 Å². The summed E-state index contributed by atoms with van der Waals surface area (Å²) in [5.74, 6) is 0.0328. The second-order valence-corrected chi connectivity index (χ2v) is 7.15. The second-order valence-electron chi connectivity index (χ2n) is 7.15. The Kier molecular flexibility index (Phi) is 5.26. The van der Waals surface area contributed by atoms with Crippen LogP contribution in [-0.4, -0.2) is 65.9 Å². The van der Waals surface area contributed by atoms with E-state index in [1.165, 1.54) is 19.3 Å². The van der Waals surface area contributed by atoms with E-state index in [9.17, 15) is 14.4 Å². The average Bonchev–Trinajstić information content (AvgIpc) is 3.21. The normalized spacial score (nSPS) is 28.3. The fourth-order valence-corrected chi connectivity index (χ4v) is 4.28. The lowest BCUT2D eigenvalue weighted by Gasteiger charge is -2.31. The number of likely N-dealkylation sites (tertiary alicyclic amines) is 2. The summed E-state index contributed by atoms with van der Waals surface area (Å²) in [6, 6.07) is -0.401. The predicted octanol–water partition coefficient (Wildman–Crippen LogP) is 0.840. The monoisotopic (exact) mass is 336 g/mol. The predicted molar refractivity (Wildman–Crippen MR) is 89.3 cm³/mol. The molecule has 0 radical (unpaired) electrons. The van der Waals surface area contributed by atoms with Gasteiger partial charge in [-0.1, -0.05) is 19.3 Å². The van der Waals surface area contributed by atoms with Gasteiger partial charge in [-0.15, -0.1) is 0 Å². The molecule has 0 bridgehead atoms. The van der Waals surface area contributed by atoms with E-state index >= 15 is 0 Å². The Balaban J connectivity index is 1.55. The lowest BCUT2D eigenvalue weighted by atomic mass is 9.94. The van der Waals surface area contributed by atoms with Crippen LogP contribution in [0.2, 0.25) is 0 Å². The van der Waals surface area contributed by atoms with E-state index < -0.39 is 0 Å². The van der Waals surface area contributed by atoms with Gasteiger partial charge in [-0.3, -0.25) is 9.59 Å². The largest absolute Gasteiger partial charge is 0.357 e. The first-order valence-corrected chi connectivity index (χ1v) is 9.18. The summed E-state index contributed by atoms with van der Waals surface area (Å²) >= 11 is 0. The molecule has 3 rings (SSSR count). The number of rotatable bonds is 3. The summed E-state index contributed by atoms with van der Waals surface area (Å²) in [6.07, 6.45) is 7.71. The van der Waals surface area contributed by atoms with Crippen molar-refractivity contribution in [1.29, 1.82) is 0 Å². The van der Waals surface area contributed by atoms with Crippen LogP contribution in [0, 0.1) is 0 Å². The summed E-state index contributed by atoms with van der Waals surface area (Å²) in [6.45, 7) is 1.20. The van der Waals surface area contributed by atoms with Crippen LogP contribution in [0.15, 0.2) is 0 Å². The molecule has 7 nitrogen and oxygen atoms in total. The number of carbonyl (C=O) groups is 3. The fraction of sp³-hybridized carbons (Fsp3) is 0.824. The topological polar surface area (TPSA) is 81.8 Å².